The lowest BCUT2D eigenvalue weighted by molar-refractivity contribution is 0.474. The molecule has 3 rings (SSSR count). The highest BCUT2D eigenvalue weighted by Gasteiger charge is 2.02. The molecule has 1 heterocycles. The fourth-order valence-corrected chi connectivity index (χ4v) is 2.44. The van der Waals surface area contributed by atoms with Gasteiger partial charge in [0.1, 0.15) is 5.75 Å². The maximum atomic E-state index is 9.41. The van der Waals surface area contributed by atoms with Crippen LogP contribution in [0.2, 0.25) is 0 Å². The topological polar surface area (TPSA) is 46.0 Å². The van der Waals surface area contributed by atoms with Crippen molar-refractivity contribution in [3.63, 3.8) is 0 Å². The van der Waals surface area contributed by atoms with Crippen molar-refractivity contribution in [1.29, 1.82) is 0 Å². The second-order valence-electron chi connectivity index (χ2n) is 3.81. The Labute approximate surface area is 109 Å². The van der Waals surface area contributed by atoms with Gasteiger partial charge in [-0.05, 0) is 36.0 Å². The lowest BCUT2D eigenvalue weighted by Crippen LogP contribution is -1.87. The van der Waals surface area contributed by atoms with Crippen LogP contribution >= 0.6 is 11.8 Å². The highest BCUT2D eigenvalue weighted by atomic mass is 32.2. The largest absolute Gasteiger partial charge is 0.508 e. The maximum absolute atomic E-state index is 9.41. The van der Waals surface area contributed by atoms with Crippen LogP contribution in [0.4, 0.5) is 0 Å². The molecule has 18 heavy (non-hydrogen) atoms. The van der Waals surface area contributed by atoms with E-state index in [9.17, 15) is 5.11 Å². The van der Waals surface area contributed by atoms with Gasteiger partial charge < -0.3 is 5.11 Å². The number of fused-ring (bicyclic) bond motifs is 1. The molecule has 1 aromatic heterocycles. The molecule has 0 atom stereocenters. The standard InChI is InChI=1S/C14H10N2OS/c17-11-5-3-6-12(8-11)18-14-15-9-10-4-1-2-7-13(10)16-14/h1-9,17H. The Bertz CT molecular complexity index is 700. The van der Waals surface area contributed by atoms with Crippen molar-refractivity contribution in [2.75, 3.05) is 0 Å². The Morgan fingerprint density at radius 2 is 1.89 bits per heavy atom. The molecule has 0 saturated carbocycles. The van der Waals surface area contributed by atoms with E-state index < -0.39 is 0 Å². The van der Waals surface area contributed by atoms with E-state index in [0.29, 0.717) is 5.16 Å². The summed E-state index contributed by atoms with van der Waals surface area (Å²) in [5.41, 5.74) is 0.926. The minimum absolute atomic E-state index is 0.251. The molecule has 0 aliphatic carbocycles. The van der Waals surface area contributed by atoms with Crippen molar-refractivity contribution >= 4 is 22.7 Å². The Morgan fingerprint density at radius 3 is 2.78 bits per heavy atom. The fraction of sp³-hybridized carbons (Fsp3) is 0. The first kappa shape index (κ1) is 11.0. The summed E-state index contributed by atoms with van der Waals surface area (Å²) in [7, 11) is 0. The number of para-hydroxylation sites is 1. The van der Waals surface area contributed by atoms with E-state index in [-0.39, 0.29) is 5.75 Å². The molecule has 2 aromatic carbocycles. The van der Waals surface area contributed by atoms with Crippen molar-refractivity contribution in [3.05, 3.63) is 54.7 Å². The molecule has 0 spiro atoms. The van der Waals surface area contributed by atoms with Gasteiger partial charge in [0.05, 0.1) is 5.52 Å². The van der Waals surface area contributed by atoms with Gasteiger partial charge in [0, 0.05) is 16.5 Å². The van der Waals surface area contributed by atoms with E-state index in [0.717, 1.165) is 15.8 Å². The van der Waals surface area contributed by atoms with Gasteiger partial charge in [-0.2, -0.15) is 0 Å². The lowest BCUT2D eigenvalue weighted by atomic mass is 10.2. The van der Waals surface area contributed by atoms with Crippen molar-refractivity contribution in [2.24, 2.45) is 0 Å². The fourth-order valence-electron chi connectivity index (χ4n) is 1.66. The summed E-state index contributed by atoms with van der Waals surface area (Å²) in [5, 5.41) is 11.1. The highest BCUT2D eigenvalue weighted by molar-refractivity contribution is 7.99. The first-order valence-corrected chi connectivity index (χ1v) is 6.31. The number of benzene rings is 2. The Morgan fingerprint density at radius 1 is 1.00 bits per heavy atom. The monoisotopic (exact) mass is 254 g/mol. The molecule has 4 heteroatoms. The molecule has 3 nitrogen and oxygen atoms in total. The van der Waals surface area contributed by atoms with E-state index in [2.05, 4.69) is 9.97 Å². The zero-order valence-corrected chi connectivity index (χ0v) is 10.3. The summed E-state index contributed by atoms with van der Waals surface area (Å²) >= 11 is 1.43. The highest BCUT2D eigenvalue weighted by Crippen LogP contribution is 2.27. The smallest absolute Gasteiger partial charge is 0.192 e. The van der Waals surface area contributed by atoms with Gasteiger partial charge in [-0.15, -0.1) is 0 Å². The Balaban J connectivity index is 1.95. The first-order chi connectivity index (χ1) is 8.81. The van der Waals surface area contributed by atoms with E-state index >= 15 is 0 Å². The second kappa shape index (κ2) is 4.66. The zero-order chi connectivity index (χ0) is 12.4. The molecule has 0 bridgehead atoms. The average Bonchev–Trinajstić information content (AvgIpc) is 2.39. The molecular formula is C14H10N2OS. The average molecular weight is 254 g/mol. The molecule has 88 valence electrons. The van der Waals surface area contributed by atoms with Gasteiger partial charge in [-0.25, -0.2) is 9.97 Å². The molecular weight excluding hydrogens is 244 g/mol. The van der Waals surface area contributed by atoms with E-state index in [4.69, 9.17) is 0 Å². The van der Waals surface area contributed by atoms with E-state index in [1.54, 1.807) is 18.2 Å². The number of rotatable bonds is 2. The van der Waals surface area contributed by atoms with Gasteiger partial charge in [-0.1, -0.05) is 24.3 Å². The molecule has 0 unspecified atom stereocenters. The number of hydrogen-bond acceptors (Lipinski definition) is 4. The summed E-state index contributed by atoms with van der Waals surface area (Å²) in [4.78, 5) is 9.69. The van der Waals surface area contributed by atoms with Crippen LogP contribution in [0, 0.1) is 0 Å². The van der Waals surface area contributed by atoms with Crippen molar-refractivity contribution in [1.82, 2.24) is 9.97 Å². The number of nitrogens with zero attached hydrogens (tertiary/aromatic N) is 2. The predicted octanol–water partition coefficient (Wildman–Crippen LogP) is 3.49. The van der Waals surface area contributed by atoms with Crippen molar-refractivity contribution < 1.29 is 5.11 Å². The molecule has 0 fully saturated rings. The Kier molecular flexibility index (Phi) is 2.86. The second-order valence-corrected chi connectivity index (χ2v) is 4.85. The number of aromatic nitrogens is 2. The third-order valence-electron chi connectivity index (χ3n) is 2.49. The minimum atomic E-state index is 0.251. The van der Waals surface area contributed by atoms with Gasteiger partial charge in [0.2, 0.25) is 0 Å². The summed E-state index contributed by atoms with van der Waals surface area (Å²) in [5.74, 6) is 0.251. The van der Waals surface area contributed by atoms with Crippen LogP contribution in [-0.2, 0) is 0 Å². The van der Waals surface area contributed by atoms with Crippen LogP contribution in [0.5, 0.6) is 5.75 Å². The number of hydrogen-bond donors (Lipinski definition) is 1. The predicted molar refractivity (Wildman–Crippen MR) is 71.8 cm³/mol. The van der Waals surface area contributed by atoms with E-state index in [1.807, 2.05) is 36.5 Å². The third kappa shape index (κ3) is 2.28. The number of aromatic hydroxyl groups is 1. The lowest BCUT2D eigenvalue weighted by Gasteiger charge is -2.02. The van der Waals surface area contributed by atoms with Gasteiger partial charge >= 0.3 is 0 Å². The van der Waals surface area contributed by atoms with Crippen molar-refractivity contribution in [2.45, 2.75) is 10.1 Å². The van der Waals surface area contributed by atoms with Gasteiger partial charge in [0.15, 0.2) is 5.16 Å². The normalized spacial score (nSPS) is 10.7. The quantitative estimate of drug-likeness (QED) is 0.711. The first-order valence-electron chi connectivity index (χ1n) is 5.50. The zero-order valence-electron chi connectivity index (χ0n) is 9.45. The van der Waals surface area contributed by atoms with Gasteiger partial charge in [-0.3, -0.25) is 0 Å². The molecule has 0 radical (unpaired) electrons. The Hall–Kier alpha value is -2.07. The summed E-state index contributed by atoms with van der Waals surface area (Å²) in [6, 6.07) is 14.9. The summed E-state index contributed by atoms with van der Waals surface area (Å²) < 4.78 is 0. The van der Waals surface area contributed by atoms with Crippen LogP contribution in [0.3, 0.4) is 0 Å². The van der Waals surface area contributed by atoms with Gasteiger partial charge in [0.25, 0.3) is 0 Å². The number of phenols is 1. The van der Waals surface area contributed by atoms with Crippen LogP contribution in [0.1, 0.15) is 0 Å². The maximum Gasteiger partial charge on any atom is 0.192 e. The van der Waals surface area contributed by atoms with E-state index in [1.165, 1.54) is 11.8 Å². The van der Waals surface area contributed by atoms with Crippen LogP contribution < -0.4 is 0 Å². The van der Waals surface area contributed by atoms with Crippen molar-refractivity contribution in [3.8, 4) is 5.75 Å². The minimum Gasteiger partial charge on any atom is -0.508 e. The summed E-state index contributed by atoms with van der Waals surface area (Å²) in [6.45, 7) is 0. The van der Waals surface area contributed by atoms with Crippen LogP contribution in [0.25, 0.3) is 10.9 Å². The number of phenolic OH excluding ortho intramolecular Hbond substituents is 1. The van der Waals surface area contributed by atoms with Crippen LogP contribution in [-0.4, -0.2) is 15.1 Å². The molecule has 0 amide bonds. The summed E-state index contributed by atoms with van der Waals surface area (Å²) in [6.07, 6.45) is 1.81. The molecule has 0 aliphatic rings. The van der Waals surface area contributed by atoms with Crippen LogP contribution in [0.15, 0.2) is 64.8 Å². The molecule has 1 N–H and O–H groups in total. The SMILES string of the molecule is Oc1cccc(Sc2ncc3ccccc3n2)c1. The molecule has 0 aliphatic heterocycles. The third-order valence-corrected chi connectivity index (χ3v) is 3.36. The molecule has 0 saturated heterocycles. The molecule has 3 aromatic rings.